The first kappa shape index (κ1) is 21.7. The first-order valence-corrected chi connectivity index (χ1v) is 10.9. The lowest BCUT2D eigenvalue weighted by Gasteiger charge is -2.50. The van der Waals surface area contributed by atoms with Crippen molar-refractivity contribution in [3.05, 3.63) is 65.3 Å². The number of allylic oxidation sites excluding steroid dienone is 3. The average molecular weight is 394 g/mol. The van der Waals surface area contributed by atoms with E-state index in [2.05, 4.69) is 56.8 Å². The van der Waals surface area contributed by atoms with Gasteiger partial charge in [0.1, 0.15) is 0 Å². The molecule has 0 unspecified atom stereocenters. The van der Waals surface area contributed by atoms with E-state index in [9.17, 15) is 9.90 Å². The van der Waals surface area contributed by atoms with Gasteiger partial charge < -0.3 is 10.0 Å². The SMILES string of the molecule is C=CC[C@@]12C(=CC(=O)/C(=C\c3ccc(CCCN(C)C)cc3)[C@@H]1C)CCC[C@@H]2O. The fourth-order valence-corrected chi connectivity index (χ4v) is 5.13. The van der Waals surface area contributed by atoms with Crippen LogP contribution in [0.15, 0.2) is 54.1 Å². The lowest BCUT2D eigenvalue weighted by atomic mass is 9.55. The molecule has 1 aromatic rings. The third kappa shape index (κ3) is 4.46. The van der Waals surface area contributed by atoms with Crippen LogP contribution in [-0.2, 0) is 11.2 Å². The molecule has 0 saturated heterocycles. The first-order valence-electron chi connectivity index (χ1n) is 10.9. The van der Waals surface area contributed by atoms with Gasteiger partial charge in [-0.05, 0) is 88.4 Å². The van der Waals surface area contributed by atoms with Crippen LogP contribution >= 0.6 is 0 Å². The Balaban J connectivity index is 1.86. The molecule has 29 heavy (non-hydrogen) atoms. The Morgan fingerprint density at radius 3 is 2.66 bits per heavy atom. The van der Waals surface area contributed by atoms with Crippen LogP contribution in [-0.4, -0.2) is 42.5 Å². The highest BCUT2D eigenvalue weighted by atomic mass is 16.3. The molecule has 1 saturated carbocycles. The molecule has 0 heterocycles. The van der Waals surface area contributed by atoms with Crippen molar-refractivity contribution >= 4 is 11.9 Å². The van der Waals surface area contributed by atoms with Gasteiger partial charge in [0.05, 0.1) is 6.10 Å². The Morgan fingerprint density at radius 1 is 1.28 bits per heavy atom. The molecule has 0 aliphatic heterocycles. The molecular formula is C26H35NO2. The number of aliphatic hydroxyl groups excluding tert-OH is 1. The van der Waals surface area contributed by atoms with Gasteiger partial charge in [0.15, 0.2) is 5.78 Å². The molecule has 1 aromatic carbocycles. The molecule has 3 nitrogen and oxygen atoms in total. The average Bonchev–Trinajstić information content (AvgIpc) is 2.68. The van der Waals surface area contributed by atoms with Gasteiger partial charge in [0.2, 0.25) is 0 Å². The summed E-state index contributed by atoms with van der Waals surface area (Å²) in [6, 6.07) is 8.54. The zero-order valence-electron chi connectivity index (χ0n) is 18.2. The van der Waals surface area contributed by atoms with Gasteiger partial charge in [-0.25, -0.2) is 0 Å². The second kappa shape index (κ2) is 9.23. The van der Waals surface area contributed by atoms with Crippen molar-refractivity contribution in [1.29, 1.82) is 0 Å². The second-order valence-corrected chi connectivity index (χ2v) is 8.94. The van der Waals surface area contributed by atoms with Gasteiger partial charge in [0, 0.05) is 11.0 Å². The van der Waals surface area contributed by atoms with Gasteiger partial charge in [0.25, 0.3) is 0 Å². The number of ketones is 1. The summed E-state index contributed by atoms with van der Waals surface area (Å²) >= 11 is 0. The second-order valence-electron chi connectivity index (χ2n) is 8.94. The van der Waals surface area contributed by atoms with Crippen molar-refractivity contribution in [2.45, 2.75) is 51.6 Å². The minimum Gasteiger partial charge on any atom is -0.392 e. The largest absolute Gasteiger partial charge is 0.392 e. The van der Waals surface area contributed by atoms with E-state index in [1.807, 2.05) is 12.2 Å². The first-order chi connectivity index (χ1) is 13.9. The summed E-state index contributed by atoms with van der Waals surface area (Å²) in [5, 5.41) is 11.0. The van der Waals surface area contributed by atoms with Crippen LogP contribution in [0.1, 0.15) is 50.2 Å². The van der Waals surface area contributed by atoms with Crippen molar-refractivity contribution in [3.8, 4) is 0 Å². The molecule has 156 valence electrons. The highest BCUT2D eigenvalue weighted by molar-refractivity contribution is 6.09. The zero-order valence-corrected chi connectivity index (χ0v) is 18.2. The molecular weight excluding hydrogens is 358 g/mol. The van der Waals surface area contributed by atoms with Crippen molar-refractivity contribution in [3.63, 3.8) is 0 Å². The lowest BCUT2D eigenvalue weighted by Crippen LogP contribution is -2.48. The number of fused-ring (bicyclic) bond motifs is 1. The van der Waals surface area contributed by atoms with Crippen LogP contribution in [0.4, 0.5) is 0 Å². The number of hydrogen-bond acceptors (Lipinski definition) is 3. The van der Waals surface area contributed by atoms with E-state index >= 15 is 0 Å². The quantitative estimate of drug-likeness (QED) is 0.533. The number of carbonyl (C=O) groups excluding carboxylic acids is 1. The maximum Gasteiger partial charge on any atom is 0.182 e. The summed E-state index contributed by atoms with van der Waals surface area (Å²) in [5.74, 6) is 0.0689. The predicted octanol–water partition coefficient (Wildman–Crippen LogP) is 4.82. The van der Waals surface area contributed by atoms with Gasteiger partial charge in [-0.2, -0.15) is 0 Å². The van der Waals surface area contributed by atoms with Crippen molar-refractivity contribution in [2.75, 3.05) is 20.6 Å². The lowest BCUT2D eigenvalue weighted by molar-refractivity contribution is -0.113. The number of benzene rings is 1. The molecule has 0 radical (unpaired) electrons. The zero-order chi connectivity index (χ0) is 21.0. The molecule has 0 amide bonds. The Hall–Kier alpha value is -1.97. The Bertz CT molecular complexity index is 803. The summed E-state index contributed by atoms with van der Waals surface area (Å²) < 4.78 is 0. The fraction of sp³-hybridized carbons (Fsp3) is 0.500. The molecule has 3 heteroatoms. The van der Waals surface area contributed by atoms with Gasteiger partial charge in [-0.1, -0.05) is 42.8 Å². The monoisotopic (exact) mass is 393 g/mol. The summed E-state index contributed by atoms with van der Waals surface area (Å²) in [6.45, 7) is 7.12. The van der Waals surface area contributed by atoms with E-state index in [1.54, 1.807) is 6.08 Å². The maximum atomic E-state index is 12.9. The third-order valence-corrected chi connectivity index (χ3v) is 6.80. The normalized spacial score (nSPS) is 28.4. The molecule has 0 bridgehead atoms. The van der Waals surface area contributed by atoms with E-state index in [-0.39, 0.29) is 17.1 Å². The van der Waals surface area contributed by atoms with E-state index in [0.717, 1.165) is 55.4 Å². The van der Waals surface area contributed by atoms with Crippen molar-refractivity contribution < 1.29 is 9.90 Å². The number of nitrogens with zero attached hydrogens (tertiary/aromatic N) is 1. The minimum absolute atomic E-state index is 0.0249. The molecule has 1 fully saturated rings. The van der Waals surface area contributed by atoms with E-state index in [0.29, 0.717) is 6.42 Å². The van der Waals surface area contributed by atoms with Crippen LogP contribution in [0.2, 0.25) is 0 Å². The smallest absolute Gasteiger partial charge is 0.182 e. The van der Waals surface area contributed by atoms with Crippen LogP contribution in [0, 0.1) is 11.3 Å². The summed E-state index contributed by atoms with van der Waals surface area (Å²) in [4.78, 5) is 15.1. The highest BCUT2D eigenvalue weighted by Crippen LogP contribution is 2.54. The van der Waals surface area contributed by atoms with E-state index in [1.165, 1.54) is 5.56 Å². The molecule has 1 N–H and O–H groups in total. The summed E-state index contributed by atoms with van der Waals surface area (Å²) in [6.07, 6.45) is 10.8. The molecule has 3 atom stereocenters. The Morgan fingerprint density at radius 2 is 2.00 bits per heavy atom. The summed E-state index contributed by atoms with van der Waals surface area (Å²) in [5.41, 5.74) is 3.91. The van der Waals surface area contributed by atoms with Crippen LogP contribution in [0.3, 0.4) is 0 Å². The van der Waals surface area contributed by atoms with Gasteiger partial charge in [-0.3, -0.25) is 4.79 Å². The van der Waals surface area contributed by atoms with E-state index in [4.69, 9.17) is 0 Å². The Kier molecular flexibility index (Phi) is 6.92. The molecule has 0 spiro atoms. The van der Waals surface area contributed by atoms with Gasteiger partial charge in [-0.15, -0.1) is 6.58 Å². The fourth-order valence-electron chi connectivity index (χ4n) is 5.13. The van der Waals surface area contributed by atoms with E-state index < -0.39 is 6.10 Å². The topological polar surface area (TPSA) is 40.5 Å². The van der Waals surface area contributed by atoms with Crippen LogP contribution in [0.5, 0.6) is 0 Å². The number of carbonyl (C=O) groups is 1. The van der Waals surface area contributed by atoms with Crippen LogP contribution < -0.4 is 0 Å². The third-order valence-electron chi connectivity index (χ3n) is 6.80. The standard InChI is InChI=1S/C26H35NO2/c1-5-15-26-19(2)23(24(28)18-22(26)9-6-10-25(26)29)17-21-13-11-20(12-14-21)8-7-16-27(3)4/h5,11-14,17-19,25,29H,1,6-10,15-16H2,2-4H3/b23-17-/t19-,25-,26-/m0/s1. The minimum atomic E-state index is -0.425. The molecule has 2 aliphatic rings. The summed E-state index contributed by atoms with van der Waals surface area (Å²) in [7, 11) is 4.19. The molecule has 3 rings (SSSR count). The number of rotatable bonds is 7. The van der Waals surface area contributed by atoms with Crippen LogP contribution in [0.25, 0.3) is 6.08 Å². The highest BCUT2D eigenvalue weighted by Gasteiger charge is 2.50. The van der Waals surface area contributed by atoms with Gasteiger partial charge >= 0.3 is 0 Å². The maximum absolute atomic E-state index is 12.9. The molecule has 0 aromatic heterocycles. The number of hydrogen-bond donors (Lipinski definition) is 1. The predicted molar refractivity (Wildman–Crippen MR) is 121 cm³/mol. The Labute approximate surface area is 175 Å². The van der Waals surface area contributed by atoms with Crippen molar-refractivity contribution in [2.24, 2.45) is 11.3 Å². The molecule has 2 aliphatic carbocycles. The number of aryl methyl sites for hydroxylation is 1. The number of aliphatic hydroxyl groups is 1. The van der Waals surface area contributed by atoms with Crippen molar-refractivity contribution in [1.82, 2.24) is 4.90 Å².